The molecule has 0 aliphatic carbocycles. The number of nitrogens with one attached hydrogen (secondary N) is 3. The molecule has 0 aliphatic heterocycles. The van der Waals surface area contributed by atoms with E-state index in [2.05, 4.69) is 16.0 Å². The molecule has 0 spiro atoms. The van der Waals surface area contributed by atoms with Gasteiger partial charge in [0.05, 0.1) is 12.1 Å². The van der Waals surface area contributed by atoms with Gasteiger partial charge in [-0.2, -0.15) is 11.8 Å². The molecule has 0 saturated heterocycles. The molecule has 11 nitrogen and oxygen atoms in total. The number of aliphatic hydroxyl groups excluding tert-OH is 1. The fraction of sp³-hybridized carbons (Fsp3) is 0.810. The summed E-state index contributed by atoms with van der Waals surface area (Å²) in [7, 11) is 0. The minimum absolute atomic E-state index is 0.205. The van der Waals surface area contributed by atoms with Gasteiger partial charge in [0.1, 0.15) is 12.1 Å². The van der Waals surface area contributed by atoms with Crippen LogP contribution in [0.15, 0.2) is 0 Å². The van der Waals surface area contributed by atoms with Crippen molar-refractivity contribution >= 4 is 35.5 Å². The fourth-order valence-electron chi connectivity index (χ4n) is 3.07. The van der Waals surface area contributed by atoms with Crippen molar-refractivity contribution in [3.63, 3.8) is 0 Å². The number of carbonyl (C=O) groups excluding carboxylic acids is 3. The highest BCUT2D eigenvalue weighted by atomic mass is 32.2. The van der Waals surface area contributed by atoms with E-state index in [4.69, 9.17) is 11.5 Å². The number of hydrogen-bond acceptors (Lipinski definition) is 8. The molecule has 0 aromatic rings. The Hall–Kier alpha value is -1.89. The van der Waals surface area contributed by atoms with Gasteiger partial charge < -0.3 is 37.6 Å². The molecule has 0 fully saturated rings. The molecular weight excluding hydrogens is 450 g/mol. The lowest BCUT2D eigenvalue weighted by molar-refractivity contribution is -0.145. The van der Waals surface area contributed by atoms with Crippen molar-refractivity contribution in [3.05, 3.63) is 0 Å². The third kappa shape index (κ3) is 12.8. The van der Waals surface area contributed by atoms with Gasteiger partial charge in [0.2, 0.25) is 17.7 Å². The predicted octanol–water partition coefficient (Wildman–Crippen LogP) is -0.838. The van der Waals surface area contributed by atoms with Crippen molar-refractivity contribution in [2.24, 2.45) is 17.4 Å². The minimum atomic E-state index is -1.52. The third-order valence-corrected chi connectivity index (χ3v) is 5.58. The molecule has 3 amide bonds. The van der Waals surface area contributed by atoms with Crippen LogP contribution in [-0.2, 0) is 19.2 Å². The smallest absolute Gasteiger partial charge is 0.328 e. The molecule has 12 heteroatoms. The summed E-state index contributed by atoms with van der Waals surface area (Å²) in [5, 5.41) is 26.4. The van der Waals surface area contributed by atoms with Crippen LogP contribution >= 0.6 is 11.8 Å². The number of carbonyl (C=O) groups is 4. The van der Waals surface area contributed by atoms with Crippen LogP contribution in [-0.4, -0.2) is 82.7 Å². The largest absolute Gasteiger partial charge is 0.480 e. The Morgan fingerprint density at radius 3 is 1.94 bits per heavy atom. The molecule has 0 aromatic carbocycles. The van der Waals surface area contributed by atoms with Crippen molar-refractivity contribution < 1.29 is 29.4 Å². The summed E-state index contributed by atoms with van der Waals surface area (Å²) in [4.78, 5) is 49.5. The van der Waals surface area contributed by atoms with Crippen LogP contribution in [0, 0.1) is 5.92 Å². The Labute approximate surface area is 200 Å². The second-order valence-corrected chi connectivity index (χ2v) is 9.48. The Balaban J connectivity index is 5.44. The first-order chi connectivity index (χ1) is 15.4. The van der Waals surface area contributed by atoms with Crippen LogP contribution in [0.1, 0.15) is 52.9 Å². The molecule has 9 N–H and O–H groups in total. The molecule has 0 rings (SSSR count). The molecule has 0 saturated carbocycles. The van der Waals surface area contributed by atoms with E-state index in [-0.39, 0.29) is 12.3 Å². The average Bonchev–Trinajstić information content (AvgIpc) is 2.72. The van der Waals surface area contributed by atoms with Gasteiger partial charge in [-0.1, -0.05) is 13.8 Å². The van der Waals surface area contributed by atoms with Gasteiger partial charge in [-0.05, 0) is 63.5 Å². The number of carboxylic acids is 1. The number of nitrogens with two attached hydrogens (primary N) is 2. The van der Waals surface area contributed by atoms with E-state index in [1.54, 1.807) is 0 Å². The Morgan fingerprint density at radius 1 is 0.909 bits per heavy atom. The maximum Gasteiger partial charge on any atom is 0.328 e. The van der Waals surface area contributed by atoms with E-state index in [0.29, 0.717) is 38.0 Å². The van der Waals surface area contributed by atoms with E-state index in [1.165, 1.54) is 18.7 Å². The monoisotopic (exact) mass is 491 g/mol. The van der Waals surface area contributed by atoms with Crippen LogP contribution in [0.25, 0.3) is 0 Å². The number of aliphatic hydroxyl groups is 1. The zero-order valence-electron chi connectivity index (χ0n) is 20.0. The van der Waals surface area contributed by atoms with Gasteiger partial charge in [-0.25, -0.2) is 4.79 Å². The number of aliphatic carboxylic acids is 1. The molecule has 0 radical (unpaired) electrons. The lowest BCUT2D eigenvalue weighted by Crippen LogP contribution is -2.58. The molecule has 0 heterocycles. The van der Waals surface area contributed by atoms with Crippen molar-refractivity contribution in [2.75, 3.05) is 18.6 Å². The first-order valence-electron chi connectivity index (χ1n) is 11.2. The molecule has 0 aliphatic rings. The van der Waals surface area contributed by atoms with Gasteiger partial charge in [0.15, 0.2) is 6.04 Å². The van der Waals surface area contributed by atoms with Gasteiger partial charge in [0.25, 0.3) is 0 Å². The topological polar surface area (TPSA) is 197 Å². The lowest BCUT2D eigenvalue weighted by Gasteiger charge is -2.26. The number of thioether (sulfide) groups is 1. The normalized spacial score (nSPS) is 15.8. The van der Waals surface area contributed by atoms with Crippen molar-refractivity contribution in [1.29, 1.82) is 0 Å². The summed E-state index contributed by atoms with van der Waals surface area (Å²) < 4.78 is 0. The van der Waals surface area contributed by atoms with E-state index >= 15 is 0 Å². The Morgan fingerprint density at radius 2 is 1.45 bits per heavy atom. The van der Waals surface area contributed by atoms with E-state index < -0.39 is 54.0 Å². The molecule has 5 unspecified atom stereocenters. The SMILES string of the molecule is CSCCC(NC(=O)C(N)CC(C)C)C(=O)NC(CCCCN)C(=O)NC(C(=O)O)C(C)O. The Bertz CT molecular complexity index is 634. The summed E-state index contributed by atoms with van der Waals surface area (Å²) in [6, 6.07) is -4.24. The summed E-state index contributed by atoms with van der Waals surface area (Å²) in [6.45, 7) is 5.52. The third-order valence-electron chi connectivity index (χ3n) is 4.93. The molecule has 0 bridgehead atoms. The Kier molecular flexibility index (Phi) is 15.7. The average molecular weight is 492 g/mol. The van der Waals surface area contributed by atoms with Crippen molar-refractivity contribution in [2.45, 2.75) is 83.1 Å². The molecule has 192 valence electrons. The number of rotatable bonds is 17. The summed E-state index contributed by atoms with van der Waals surface area (Å²) in [6.07, 6.45) is 2.67. The predicted molar refractivity (Wildman–Crippen MR) is 128 cm³/mol. The number of hydrogen-bond donors (Lipinski definition) is 7. The second-order valence-electron chi connectivity index (χ2n) is 8.49. The van der Waals surface area contributed by atoms with Crippen LogP contribution < -0.4 is 27.4 Å². The second kappa shape index (κ2) is 16.7. The highest BCUT2D eigenvalue weighted by Gasteiger charge is 2.31. The van der Waals surface area contributed by atoms with E-state index in [9.17, 15) is 29.4 Å². The summed E-state index contributed by atoms with van der Waals surface area (Å²) in [5.74, 6) is -2.35. The summed E-state index contributed by atoms with van der Waals surface area (Å²) in [5.41, 5.74) is 11.4. The molecular formula is C21H41N5O6S. The minimum Gasteiger partial charge on any atom is -0.480 e. The zero-order chi connectivity index (χ0) is 25.6. The zero-order valence-corrected chi connectivity index (χ0v) is 20.8. The quantitative estimate of drug-likeness (QED) is 0.127. The van der Waals surface area contributed by atoms with Gasteiger partial charge in [-0.3, -0.25) is 14.4 Å². The fourth-order valence-corrected chi connectivity index (χ4v) is 3.55. The number of unbranched alkanes of at least 4 members (excludes halogenated alkanes) is 1. The molecule has 33 heavy (non-hydrogen) atoms. The lowest BCUT2D eigenvalue weighted by atomic mass is 10.0. The van der Waals surface area contributed by atoms with Crippen LogP contribution in [0.2, 0.25) is 0 Å². The standard InChI is InChI=1S/C21H41N5O6S/c1-12(2)11-14(23)18(28)24-16(8-10-33-4)19(29)25-15(7-5-6-9-22)20(30)26-17(13(3)27)21(31)32/h12-17,27H,5-11,22-23H2,1-4H3,(H,24,28)(H,25,29)(H,26,30)(H,31,32). The van der Waals surface area contributed by atoms with Crippen LogP contribution in [0.5, 0.6) is 0 Å². The maximum atomic E-state index is 13.0. The van der Waals surface area contributed by atoms with Gasteiger partial charge in [0, 0.05) is 0 Å². The molecule has 5 atom stereocenters. The highest BCUT2D eigenvalue weighted by molar-refractivity contribution is 7.98. The van der Waals surface area contributed by atoms with Crippen molar-refractivity contribution in [3.8, 4) is 0 Å². The highest BCUT2D eigenvalue weighted by Crippen LogP contribution is 2.08. The van der Waals surface area contributed by atoms with Gasteiger partial charge in [-0.15, -0.1) is 0 Å². The van der Waals surface area contributed by atoms with Crippen molar-refractivity contribution in [1.82, 2.24) is 16.0 Å². The van der Waals surface area contributed by atoms with Gasteiger partial charge >= 0.3 is 5.97 Å². The van der Waals surface area contributed by atoms with E-state index in [1.807, 2.05) is 20.1 Å². The van der Waals surface area contributed by atoms with Crippen LogP contribution in [0.4, 0.5) is 0 Å². The number of carboxylic acid groups (broad SMARTS) is 1. The van der Waals surface area contributed by atoms with Crippen LogP contribution in [0.3, 0.4) is 0 Å². The number of amides is 3. The first-order valence-corrected chi connectivity index (χ1v) is 12.6. The first kappa shape index (κ1) is 31.1. The maximum absolute atomic E-state index is 13.0. The summed E-state index contributed by atoms with van der Waals surface area (Å²) >= 11 is 1.50. The molecule has 0 aromatic heterocycles. The van der Waals surface area contributed by atoms with E-state index in [0.717, 1.165) is 0 Å².